The van der Waals surface area contributed by atoms with Crippen LogP contribution in [-0.2, 0) is 18.6 Å². The zero-order valence-electron chi connectivity index (χ0n) is 18.0. The van der Waals surface area contributed by atoms with Crippen molar-refractivity contribution in [2.24, 2.45) is 0 Å². The average Bonchev–Trinajstić information content (AvgIpc) is 3.23. The lowest BCUT2D eigenvalue weighted by Gasteiger charge is -2.18. The fourth-order valence-electron chi connectivity index (χ4n) is 4.13. The van der Waals surface area contributed by atoms with Gasteiger partial charge in [0.2, 0.25) is 5.95 Å². The van der Waals surface area contributed by atoms with Crippen LogP contribution < -0.4 is 10.9 Å². The van der Waals surface area contributed by atoms with Crippen LogP contribution in [0, 0.1) is 6.92 Å². The average molecular weight is 428 g/mol. The summed E-state index contributed by atoms with van der Waals surface area (Å²) < 4.78 is 3.20. The van der Waals surface area contributed by atoms with Crippen molar-refractivity contribution in [1.82, 2.24) is 24.3 Å². The molecule has 1 atom stereocenters. The molecule has 1 aliphatic rings. The number of pyridine rings is 1. The maximum atomic E-state index is 13.1. The lowest BCUT2D eigenvalue weighted by atomic mass is 10.0. The zero-order chi connectivity index (χ0) is 22.5. The number of rotatable bonds is 5. The van der Waals surface area contributed by atoms with Gasteiger partial charge >= 0.3 is 0 Å². The van der Waals surface area contributed by atoms with Crippen LogP contribution in [0.15, 0.2) is 60.0 Å². The second-order valence-corrected chi connectivity index (χ2v) is 8.36. The van der Waals surface area contributed by atoms with Gasteiger partial charge in [0.15, 0.2) is 11.5 Å². The highest BCUT2D eigenvalue weighted by atomic mass is 16.3. The highest BCUT2D eigenvalue weighted by Crippen LogP contribution is 2.35. The Bertz CT molecular complexity index is 1400. The summed E-state index contributed by atoms with van der Waals surface area (Å²) in [6, 6.07) is 11.7. The van der Waals surface area contributed by atoms with E-state index in [-0.39, 0.29) is 12.1 Å². The first kappa shape index (κ1) is 20.1. The molecule has 32 heavy (non-hydrogen) atoms. The molecule has 5 rings (SSSR count). The first-order chi connectivity index (χ1) is 15.4. The minimum atomic E-state index is -0.995. The molecule has 2 N–H and O–H groups in total. The Labute approximate surface area is 184 Å². The van der Waals surface area contributed by atoms with E-state index >= 15 is 0 Å². The maximum Gasteiger partial charge on any atom is 0.278 e. The van der Waals surface area contributed by atoms with Crippen molar-refractivity contribution in [1.29, 1.82) is 0 Å². The molecule has 0 fully saturated rings. The summed E-state index contributed by atoms with van der Waals surface area (Å²) in [5, 5.41) is 14.3. The van der Waals surface area contributed by atoms with Gasteiger partial charge in [0.25, 0.3) is 5.56 Å². The first-order valence-corrected chi connectivity index (χ1v) is 10.5. The summed E-state index contributed by atoms with van der Waals surface area (Å²) in [7, 11) is 0. The van der Waals surface area contributed by atoms with Crippen molar-refractivity contribution in [3.8, 4) is 5.82 Å². The number of nitrogens with one attached hydrogen (secondary N) is 1. The van der Waals surface area contributed by atoms with Crippen LogP contribution in [0.5, 0.6) is 0 Å². The summed E-state index contributed by atoms with van der Waals surface area (Å²) in [5.74, 6) is 0.888. The minimum absolute atomic E-state index is 0.226. The molecule has 0 saturated carbocycles. The lowest BCUT2D eigenvalue weighted by Crippen LogP contribution is -2.24. The van der Waals surface area contributed by atoms with Gasteiger partial charge in [-0.15, -0.1) is 6.58 Å². The third kappa shape index (κ3) is 3.29. The number of benzene rings is 1. The Hall–Kier alpha value is -3.78. The van der Waals surface area contributed by atoms with E-state index in [1.54, 1.807) is 17.7 Å². The summed E-state index contributed by atoms with van der Waals surface area (Å²) in [5.41, 5.74) is 2.88. The molecule has 8 nitrogen and oxygen atoms in total. The number of fused-ring (bicyclic) bond motifs is 2. The topological polar surface area (TPSA) is 97.9 Å². The van der Waals surface area contributed by atoms with Gasteiger partial charge in [0.1, 0.15) is 11.0 Å². The molecule has 3 heterocycles. The molecular formula is C24H24N6O2. The molecule has 0 bridgehead atoms. The third-order valence-electron chi connectivity index (χ3n) is 5.86. The van der Waals surface area contributed by atoms with Crippen LogP contribution in [0.2, 0.25) is 0 Å². The molecule has 4 aromatic rings. The normalized spacial score (nSPS) is 17.5. The Balaban J connectivity index is 1.68. The molecular weight excluding hydrogens is 404 g/mol. The van der Waals surface area contributed by atoms with Gasteiger partial charge in [-0.1, -0.05) is 29.8 Å². The SMILES string of the molecule is C=CCn1c(=O)c2cnc(Nc3ccc(C)cc3)nc2n1-c1ccc2c(n1)C(C)(O)CC2. The molecule has 0 aliphatic heterocycles. The molecule has 0 saturated heterocycles. The summed E-state index contributed by atoms with van der Waals surface area (Å²) >= 11 is 0. The molecule has 1 unspecified atom stereocenters. The van der Waals surface area contributed by atoms with Gasteiger partial charge < -0.3 is 10.4 Å². The number of nitrogens with zero attached hydrogens (tertiary/aromatic N) is 5. The van der Waals surface area contributed by atoms with Crippen LogP contribution >= 0.6 is 0 Å². The Kier molecular flexibility index (Phi) is 4.67. The molecule has 162 valence electrons. The van der Waals surface area contributed by atoms with Gasteiger partial charge in [-0.25, -0.2) is 19.3 Å². The van der Waals surface area contributed by atoms with E-state index < -0.39 is 5.60 Å². The van der Waals surface area contributed by atoms with E-state index in [0.717, 1.165) is 23.2 Å². The summed E-state index contributed by atoms with van der Waals surface area (Å²) in [4.78, 5) is 26.8. The van der Waals surface area contributed by atoms with Crippen molar-refractivity contribution in [3.63, 3.8) is 0 Å². The Morgan fingerprint density at radius 1 is 1.22 bits per heavy atom. The van der Waals surface area contributed by atoms with Gasteiger partial charge in [0, 0.05) is 11.9 Å². The molecule has 8 heteroatoms. The number of hydrogen-bond donors (Lipinski definition) is 2. The standard InChI is InChI=1S/C24H24N6O2/c1-4-13-29-22(31)18-14-25-23(26-17-8-5-15(2)6-9-17)28-21(18)30(29)19-10-7-16-11-12-24(3,32)20(16)27-19/h4-10,14,32H,1,11-13H2,2-3H3,(H,25,26,28). The van der Waals surface area contributed by atoms with E-state index in [0.29, 0.717) is 34.9 Å². The highest BCUT2D eigenvalue weighted by Gasteiger charge is 2.34. The Morgan fingerprint density at radius 3 is 2.75 bits per heavy atom. The molecule has 3 aromatic heterocycles. The number of hydrogen-bond acceptors (Lipinski definition) is 6. The van der Waals surface area contributed by atoms with Crippen LogP contribution in [0.3, 0.4) is 0 Å². The summed E-state index contributed by atoms with van der Waals surface area (Å²) in [6.45, 7) is 7.86. The highest BCUT2D eigenvalue weighted by molar-refractivity contribution is 5.77. The molecule has 0 amide bonds. The van der Waals surface area contributed by atoms with Crippen LogP contribution in [0.25, 0.3) is 16.9 Å². The second-order valence-electron chi connectivity index (χ2n) is 8.36. The van der Waals surface area contributed by atoms with E-state index in [2.05, 4.69) is 21.9 Å². The van der Waals surface area contributed by atoms with Crippen molar-refractivity contribution in [2.45, 2.75) is 38.8 Å². The van der Waals surface area contributed by atoms with E-state index in [4.69, 9.17) is 4.98 Å². The fraction of sp³-hybridized carbons (Fsp3) is 0.250. The van der Waals surface area contributed by atoms with E-state index in [1.165, 1.54) is 10.9 Å². The monoisotopic (exact) mass is 428 g/mol. The van der Waals surface area contributed by atoms with Crippen molar-refractivity contribution in [2.75, 3.05) is 5.32 Å². The number of aromatic nitrogens is 5. The number of allylic oxidation sites excluding steroid dienone is 1. The van der Waals surface area contributed by atoms with E-state index in [9.17, 15) is 9.90 Å². The molecule has 1 aliphatic carbocycles. The predicted molar refractivity (Wildman–Crippen MR) is 123 cm³/mol. The van der Waals surface area contributed by atoms with Crippen molar-refractivity contribution >= 4 is 22.7 Å². The molecule has 0 spiro atoms. The number of aliphatic hydroxyl groups is 1. The number of anilines is 2. The lowest BCUT2D eigenvalue weighted by molar-refractivity contribution is 0.0553. The number of aryl methyl sites for hydroxylation is 2. The third-order valence-corrected chi connectivity index (χ3v) is 5.86. The van der Waals surface area contributed by atoms with Gasteiger partial charge in [-0.2, -0.15) is 4.98 Å². The van der Waals surface area contributed by atoms with Crippen LogP contribution in [-0.4, -0.2) is 29.4 Å². The largest absolute Gasteiger partial charge is 0.384 e. The van der Waals surface area contributed by atoms with Gasteiger partial charge in [-0.3, -0.25) is 4.79 Å². The van der Waals surface area contributed by atoms with Crippen LogP contribution in [0.1, 0.15) is 30.2 Å². The minimum Gasteiger partial charge on any atom is -0.384 e. The summed E-state index contributed by atoms with van der Waals surface area (Å²) in [6.07, 6.45) is 4.58. The fourth-order valence-corrected chi connectivity index (χ4v) is 4.13. The van der Waals surface area contributed by atoms with Gasteiger partial charge in [-0.05, 0) is 50.5 Å². The predicted octanol–water partition coefficient (Wildman–Crippen LogP) is 3.37. The molecule has 1 aromatic carbocycles. The van der Waals surface area contributed by atoms with E-state index in [1.807, 2.05) is 43.3 Å². The van der Waals surface area contributed by atoms with Crippen LogP contribution in [0.4, 0.5) is 11.6 Å². The zero-order valence-corrected chi connectivity index (χ0v) is 18.0. The van der Waals surface area contributed by atoms with Crippen molar-refractivity contribution in [3.05, 3.63) is 82.4 Å². The van der Waals surface area contributed by atoms with Crippen molar-refractivity contribution < 1.29 is 5.11 Å². The maximum absolute atomic E-state index is 13.1. The quantitative estimate of drug-likeness (QED) is 0.473. The van der Waals surface area contributed by atoms with Gasteiger partial charge in [0.05, 0.1) is 12.2 Å². The molecule has 0 radical (unpaired) electrons. The Morgan fingerprint density at radius 2 is 2.00 bits per heavy atom. The second kappa shape index (κ2) is 7.42. The first-order valence-electron chi connectivity index (χ1n) is 10.5. The smallest absolute Gasteiger partial charge is 0.278 e.